The van der Waals surface area contributed by atoms with Gasteiger partial charge in [0.1, 0.15) is 11.6 Å². The van der Waals surface area contributed by atoms with E-state index < -0.39 is 5.91 Å². The third-order valence-electron chi connectivity index (χ3n) is 1.11. The van der Waals surface area contributed by atoms with E-state index in [0.717, 1.165) is 0 Å². The van der Waals surface area contributed by atoms with Gasteiger partial charge in [-0.1, -0.05) is 6.58 Å². The molecule has 1 amide bonds. The number of carbonyl (C=O) groups is 1. The van der Waals surface area contributed by atoms with Crippen molar-refractivity contribution < 1.29 is 4.79 Å². The molecule has 11 heavy (non-hydrogen) atoms. The van der Waals surface area contributed by atoms with Crippen LogP contribution in [0.3, 0.4) is 0 Å². The van der Waals surface area contributed by atoms with Gasteiger partial charge in [-0.15, -0.1) is 4.91 Å². The summed E-state index contributed by atoms with van der Waals surface area (Å²) in [5.41, 5.74) is 4.87. The lowest BCUT2D eigenvalue weighted by Gasteiger charge is -2.16. The molecule has 0 aromatic carbocycles. The van der Waals surface area contributed by atoms with Crippen LogP contribution in [0.1, 0.15) is 0 Å². The minimum atomic E-state index is -0.638. The van der Waals surface area contributed by atoms with E-state index in [2.05, 4.69) is 22.4 Å². The molecule has 6 nitrogen and oxygen atoms in total. The summed E-state index contributed by atoms with van der Waals surface area (Å²) >= 11 is 0. The second-order valence-corrected chi connectivity index (χ2v) is 1.91. The zero-order chi connectivity index (χ0) is 8.43. The number of nitrogens with zero attached hydrogens (tertiary/aromatic N) is 1. The summed E-state index contributed by atoms with van der Waals surface area (Å²) in [4.78, 5) is 20.8. The van der Waals surface area contributed by atoms with Crippen molar-refractivity contribution >= 4 is 5.91 Å². The molecule has 1 aliphatic rings. The van der Waals surface area contributed by atoms with Crippen LogP contribution in [0, 0.1) is 4.91 Å². The van der Waals surface area contributed by atoms with Crippen LogP contribution >= 0.6 is 0 Å². The number of amides is 1. The number of nitrogens with two attached hydrogens (primary N) is 1. The van der Waals surface area contributed by atoms with Gasteiger partial charge in [-0.2, -0.15) is 0 Å². The molecule has 0 saturated carbocycles. The average molecular weight is 154 g/mol. The van der Waals surface area contributed by atoms with Gasteiger partial charge in [0.2, 0.25) is 5.70 Å². The second-order valence-electron chi connectivity index (χ2n) is 1.91. The van der Waals surface area contributed by atoms with Crippen LogP contribution in [0.25, 0.3) is 0 Å². The van der Waals surface area contributed by atoms with Gasteiger partial charge in [-0.05, 0) is 5.18 Å². The molecule has 4 N–H and O–H groups in total. The number of hydrogen-bond donors (Lipinski definition) is 3. The van der Waals surface area contributed by atoms with E-state index in [-0.39, 0.29) is 17.3 Å². The van der Waals surface area contributed by atoms with Crippen molar-refractivity contribution in [2.45, 2.75) is 0 Å². The Morgan fingerprint density at radius 2 is 2.09 bits per heavy atom. The standard InChI is InChI=1S/C5H6N4O2/c1-2-7-4(6)3(9-11)5(10)8-2/h7H,1,6H2,(H,8,10). The zero-order valence-electron chi connectivity index (χ0n) is 5.55. The van der Waals surface area contributed by atoms with Gasteiger partial charge in [-0.3, -0.25) is 4.79 Å². The predicted octanol–water partition coefficient (Wildman–Crippen LogP) is -0.929. The fourth-order valence-electron chi connectivity index (χ4n) is 0.662. The van der Waals surface area contributed by atoms with Gasteiger partial charge >= 0.3 is 0 Å². The summed E-state index contributed by atoms with van der Waals surface area (Å²) in [6.45, 7) is 3.38. The van der Waals surface area contributed by atoms with E-state index in [1.807, 2.05) is 0 Å². The molecule has 0 saturated heterocycles. The van der Waals surface area contributed by atoms with Gasteiger partial charge < -0.3 is 16.4 Å². The molecule has 0 aromatic heterocycles. The SMILES string of the molecule is C=C1NC(=O)C(N=O)=C(N)N1. The topological polar surface area (TPSA) is 96.6 Å². The molecule has 0 unspecified atom stereocenters. The first kappa shape index (κ1) is 7.26. The second kappa shape index (κ2) is 2.41. The number of carbonyl (C=O) groups excluding carboxylic acids is 1. The van der Waals surface area contributed by atoms with E-state index in [9.17, 15) is 9.70 Å². The normalized spacial score (nSPS) is 17.5. The molecule has 0 aliphatic carbocycles. The Morgan fingerprint density at radius 1 is 1.45 bits per heavy atom. The van der Waals surface area contributed by atoms with Gasteiger partial charge in [0.25, 0.3) is 5.91 Å². The van der Waals surface area contributed by atoms with E-state index >= 15 is 0 Å². The highest BCUT2D eigenvalue weighted by atomic mass is 16.3. The molecule has 0 atom stereocenters. The Labute approximate surface area is 62.1 Å². The van der Waals surface area contributed by atoms with Crippen LogP contribution < -0.4 is 16.4 Å². The molecule has 0 fully saturated rings. The summed E-state index contributed by atoms with van der Waals surface area (Å²) in [6.07, 6.45) is 0. The lowest BCUT2D eigenvalue weighted by atomic mass is 10.3. The molecule has 0 bridgehead atoms. The van der Waals surface area contributed by atoms with Crippen LogP contribution in [0.5, 0.6) is 0 Å². The molecule has 1 heterocycles. The van der Waals surface area contributed by atoms with Crippen molar-refractivity contribution in [3.63, 3.8) is 0 Å². The Bertz CT molecular complexity index is 268. The highest BCUT2D eigenvalue weighted by Crippen LogP contribution is 2.04. The number of nitrogens with one attached hydrogen (secondary N) is 2. The van der Waals surface area contributed by atoms with Crippen molar-refractivity contribution in [2.24, 2.45) is 10.9 Å². The smallest absolute Gasteiger partial charge is 0.282 e. The summed E-state index contributed by atoms with van der Waals surface area (Å²) in [6, 6.07) is 0. The third kappa shape index (κ3) is 1.18. The maximum atomic E-state index is 10.8. The summed E-state index contributed by atoms with van der Waals surface area (Å²) in [7, 11) is 0. The Hall–Kier alpha value is -1.85. The van der Waals surface area contributed by atoms with Crippen molar-refractivity contribution in [3.05, 3.63) is 28.8 Å². The van der Waals surface area contributed by atoms with Crippen molar-refractivity contribution in [1.82, 2.24) is 10.6 Å². The van der Waals surface area contributed by atoms with Gasteiger partial charge in [-0.25, -0.2) is 0 Å². The van der Waals surface area contributed by atoms with Crippen molar-refractivity contribution in [3.8, 4) is 0 Å². The maximum absolute atomic E-state index is 10.8. The summed E-state index contributed by atoms with van der Waals surface area (Å²) < 4.78 is 0. The molecule has 0 radical (unpaired) electrons. The molecular weight excluding hydrogens is 148 g/mol. The van der Waals surface area contributed by atoms with Crippen LogP contribution in [-0.2, 0) is 4.79 Å². The number of hydrogen-bond acceptors (Lipinski definition) is 5. The minimum Gasteiger partial charge on any atom is -0.383 e. The van der Waals surface area contributed by atoms with E-state index in [1.54, 1.807) is 0 Å². The molecule has 6 heteroatoms. The fraction of sp³-hybridized carbons (Fsp3) is 0. The first-order chi connectivity index (χ1) is 5.15. The Kier molecular flexibility index (Phi) is 1.59. The van der Waals surface area contributed by atoms with Crippen molar-refractivity contribution in [1.29, 1.82) is 0 Å². The zero-order valence-corrected chi connectivity index (χ0v) is 5.55. The monoisotopic (exact) mass is 154 g/mol. The first-order valence-corrected chi connectivity index (χ1v) is 2.75. The van der Waals surface area contributed by atoms with E-state index in [4.69, 9.17) is 5.73 Å². The van der Waals surface area contributed by atoms with Crippen LogP contribution in [0.2, 0.25) is 0 Å². The molecule has 0 aromatic rings. The predicted molar refractivity (Wildman–Crippen MR) is 37.4 cm³/mol. The molecule has 1 rings (SSSR count). The van der Waals surface area contributed by atoms with E-state index in [1.165, 1.54) is 0 Å². The van der Waals surface area contributed by atoms with Gasteiger partial charge in [0, 0.05) is 0 Å². The molecule has 0 spiro atoms. The lowest BCUT2D eigenvalue weighted by molar-refractivity contribution is -0.117. The average Bonchev–Trinajstić information content (AvgIpc) is 1.85. The van der Waals surface area contributed by atoms with Gasteiger partial charge in [0.05, 0.1) is 0 Å². The molecule has 58 valence electrons. The molecular formula is C5H6N4O2. The highest BCUT2D eigenvalue weighted by Gasteiger charge is 2.20. The quantitative estimate of drug-likeness (QED) is 0.425. The Morgan fingerprint density at radius 3 is 2.55 bits per heavy atom. The Balaban J connectivity index is 3.03. The van der Waals surface area contributed by atoms with E-state index in [0.29, 0.717) is 0 Å². The largest absolute Gasteiger partial charge is 0.383 e. The fourth-order valence-corrected chi connectivity index (χ4v) is 0.662. The maximum Gasteiger partial charge on any atom is 0.282 e. The van der Waals surface area contributed by atoms with Crippen molar-refractivity contribution in [2.75, 3.05) is 0 Å². The molecule has 1 aliphatic heterocycles. The lowest BCUT2D eigenvalue weighted by Crippen LogP contribution is -2.40. The minimum absolute atomic E-state index is 0.0752. The summed E-state index contributed by atoms with van der Waals surface area (Å²) in [5.74, 6) is -0.477. The van der Waals surface area contributed by atoms with Crippen LogP contribution in [0.4, 0.5) is 0 Å². The van der Waals surface area contributed by atoms with Gasteiger partial charge in [0.15, 0.2) is 0 Å². The highest BCUT2D eigenvalue weighted by molar-refractivity contribution is 5.95. The summed E-state index contributed by atoms with van der Waals surface area (Å²) in [5, 5.41) is 7.12. The number of nitroso groups, excluding NO2 is 1. The van der Waals surface area contributed by atoms with Crippen LogP contribution in [0.15, 0.2) is 29.1 Å². The number of rotatable bonds is 1. The van der Waals surface area contributed by atoms with Crippen LogP contribution in [-0.4, -0.2) is 5.91 Å². The first-order valence-electron chi connectivity index (χ1n) is 2.75. The third-order valence-corrected chi connectivity index (χ3v) is 1.11.